The number of hydrazine groups is 1. The molecule has 0 radical (unpaired) electrons. The van der Waals surface area contributed by atoms with Crippen molar-refractivity contribution in [3.05, 3.63) is 83.6 Å². The minimum absolute atomic E-state index is 0.00626. The van der Waals surface area contributed by atoms with Crippen LogP contribution in [0.2, 0.25) is 0 Å². The summed E-state index contributed by atoms with van der Waals surface area (Å²) in [7, 11) is 1.54. The van der Waals surface area contributed by atoms with E-state index in [2.05, 4.69) is 10.4 Å². The molecule has 1 aromatic heterocycles. The molecule has 0 aliphatic rings. The van der Waals surface area contributed by atoms with Crippen LogP contribution in [0.1, 0.15) is 41.5 Å². The molecule has 1 N–H and O–H groups in total. The molecular weight excluding hydrogens is 432 g/mol. The Hall–Kier alpha value is -4.01. The Morgan fingerprint density at radius 2 is 1.55 bits per heavy atom. The van der Waals surface area contributed by atoms with Crippen molar-refractivity contribution in [2.45, 2.75) is 26.3 Å². The summed E-state index contributed by atoms with van der Waals surface area (Å²) in [6, 6.07) is 12.7. The molecule has 7 nitrogen and oxygen atoms in total. The maximum absolute atomic E-state index is 14.1. The summed E-state index contributed by atoms with van der Waals surface area (Å²) in [5, 5.41) is 0.985. The van der Waals surface area contributed by atoms with Crippen molar-refractivity contribution in [1.82, 2.24) is 15.4 Å². The standard InChI is InChI=1S/C24H23F2N3O4/c1-24(2,3)29(28-21(30)20-18(25)8-5-9-19(20)26)23(31)17-7-6-14-27-22(17)33-16-12-10-15(32-4)11-13-16/h5-14H,1-4H3,(H,28,30). The quantitative estimate of drug-likeness (QED) is 0.562. The van der Waals surface area contributed by atoms with Crippen molar-refractivity contribution in [2.24, 2.45) is 0 Å². The minimum Gasteiger partial charge on any atom is -0.497 e. The lowest BCUT2D eigenvalue weighted by Crippen LogP contribution is -2.56. The van der Waals surface area contributed by atoms with Gasteiger partial charge in [0.2, 0.25) is 5.88 Å². The summed E-state index contributed by atoms with van der Waals surface area (Å²) in [5.74, 6) is -2.84. The highest BCUT2D eigenvalue weighted by atomic mass is 19.1. The first-order chi connectivity index (χ1) is 15.6. The molecule has 0 saturated carbocycles. The summed E-state index contributed by atoms with van der Waals surface area (Å²) in [6.45, 7) is 4.97. The fraction of sp³-hybridized carbons (Fsp3) is 0.208. The highest BCUT2D eigenvalue weighted by Gasteiger charge is 2.33. The minimum atomic E-state index is -1.10. The number of ether oxygens (including phenoxy) is 2. The molecule has 33 heavy (non-hydrogen) atoms. The molecule has 0 fully saturated rings. The highest BCUT2D eigenvalue weighted by Crippen LogP contribution is 2.27. The largest absolute Gasteiger partial charge is 0.497 e. The van der Waals surface area contributed by atoms with Gasteiger partial charge in [0.25, 0.3) is 11.8 Å². The lowest BCUT2D eigenvalue weighted by molar-refractivity contribution is 0.0352. The number of carbonyl (C=O) groups is 2. The Labute approximate surface area is 189 Å². The van der Waals surface area contributed by atoms with Crippen molar-refractivity contribution >= 4 is 11.8 Å². The van der Waals surface area contributed by atoms with Crippen molar-refractivity contribution in [3.63, 3.8) is 0 Å². The van der Waals surface area contributed by atoms with Gasteiger partial charge in [0.15, 0.2) is 0 Å². The van der Waals surface area contributed by atoms with Crippen LogP contribution in [0.15, 0.2) is 60.8 Å². The van der Waals surface area contributed by atoms with Crippen molar-refractivity contribution < 1.29 is 27.8 Å². The smallest absolute Gasteiger partial charge is 0.278 e. The van der Waals surface area contributed by atoms with Crippen molar-refractivity contribution in [2.75, 3.05) is 7.11 Å². The van der Waals surface area contributed by atoms with Crippen LogP contribution in [0.25, 0.3) is 0 Å². The number of methoxy groups -OCH3 is 1. The predicted octanol–water partition coefficient (Wildman–Crippen LogP) is 4.75. The van der Waals surface area contributed by atoms with Gasteiger partial charge in [-0.2, -0.15) is 0 Å². The van der Waals surface area contributed by atoms with E-state index in [1.165, 1.54) is 25.4 Å². The van der Waals surface area contributed by atoms with E-state index in [0.717, 1.165) is 23.2 Å². The Kier molecular flexibility index (Phi) is 6.91. The average Bonchev–Trinajstić information content (AvgIpc) is 2.77. The molecule has 0 saturated heterocycles. The summed E-state index contributed by atoms with van der Waals surface area (Å²) in [6.07, 6.45) is 1.45. The van der Waals surface area contributed by atoms with Gasteiger partial charge in [-0.15, -0.1) is 0 Å². The van der Waals surface area contributed by atoms with E-state index in [4.69, 9.17) is 9.47 Å². The Morgan fingerprint density at radius 3 is 2.12 bits per heavy atom. The molecule has 2 aromatic carbocycles. The molecule has 3 aromatic rings. The second-order valence-electron chi connectivity index (χ2n) is 7.98. The van der Waals surface area contributed by atoms with Gasteiger partial charge in [-0.3, -0.25) is 15.0 Å². The van der Waals surface area contributed by atoms with E-state index < -0.39 is 34.6 Å². The summed E-state index contributed by atoms with van der Waals surface area (Å²) >= 11 is 0. The Morgan fingerprint density at radius 1 is 0.939 bits per heavy atom. The number of nitrogens with zero attached hydrogens (tertiary/aromatic N) is 2. The molecule has 0 spiro atoms. The number of halogens is 2. The van der Waals surface area contributed by atoms with Crippen LogP contribution in [-0.2, 0) is 0 Å². The zero-order chi connectivity index (χ0) is 24.2. The maximum Gasteiger partial charge on any atom is 0.278 e. The van der Waals surface area contributed by atoms with E-state index in [-0.39, 0.29) is 11.4 Å². The lowest BCUT2D eigenvalue weighted by atomic mass is 10.1. The van der Waals surface area contributed by atoms with Gasteiger partial charge < -0.3 is 9.47 Å². The molecule has 2 amide bonds. The SMILES string of the molecule is COc1ccc(Oc2ncccc2C(=O)N(NC(=O)c2c(F)cccc2F)C(C)(C)C)cc1. The first kappa shape index (κ1) is 23.6. The van der Waals surface area contributed by atoms with Gasteiger partial charge in [0.05, 0.1) is 12.6 Å². The van der Waals surface area contributed by atoms with Gasteiger partial charge in [-0.1, -0.05) is 6.07 Å². The van der Waals surface area contributed by atoms with Crippen LogP contribution in [0.5, 0.6) is 17.4 Å². The maximum atomic E-state index is 14.1. The molecular formula is C24H23F2N3O4. The van der Waals surface area contributed by atoms with E-state index in [1.807, 2.05) is 0 Å². The number of pyridine rings is 1. The third kappa shape index (κ3) is 5.43. The number of nitrogens with one attached hydrogen (secondary N) is 1. The number of rotatable bonds is 5. The average molecular weight is 455 g/mol. The first-order valence-corrected chi connectivity index (χ1v) is 9.98. The van der Waals surface area contributed by atoms with Gasteiger partial charge in [0, 0.05) is 6.20 Å². The van der Waals surface area contributed by atoms with Crippen LogP contribution >= 0.6 is 0 Å². The third-order valence-electron chi connectivity index (χ3n) is 4.55. The molecule has 0 bridgehead atoms. The second kappa shape index (κ2) is 9.64. The molecule has 0 unspecified atom stereocenters. The molecule has 3 rings (SSSR count). The highest BCUT2D eigenvalue weighted by molar-refractivity contribution is 6.00. The van der Waals surface area contributed by atoms with Crippen molar-refractivity contribution in [3.8, 4) is 17.4 Å². The number of carbonyl (C=O) groups excluding carboxylic acids is 2. The molecule has 0 aliphatic carbocycles. The van der Waals surface area contributed by atoms with Crippen LogP contribution in [0.3, 0.4) is 0 Å². The molecule has 1 heterocycles. The third-order valence-corrected chi connectivity index (χ3v) is 4.55. The topological polar surface area (TPSA) is 80.8 Å². The number of aromatic nitrogens is 1. The summed E-state index contributed by atoms with van der Waals surface area (Å²) in [4.78, 5) is 30.2. The number of amides is 2. The van der Waals surface area contributed by atoms with E-state index in [0.29, 0.717) is 11.5 Å². The van der Waals surface area contributed by atoms with Crippen LogP contribution < -0.4 is 14.9 Å². The summed E-state index contributed by atoms with van der Waals surface area (Å²) < 4.78 is 39.1. The van der Waals surface area contributed by atoms with Gasteiger partial charge in [0.1, 0.15) is 34.3 Å². The van der Waals surface area contributed by atoms with Crippen LogP contribution in [-0.4, -0.2) is 34.5 Å². The number of hydrogen-bond donors (Lipinski definition) is 1. The molecule has 0 aliphatic heterocycles. The Balaban J connectivity index is 1.92. The fourth-order valence-corrected chi connectivity index (χ4v) is 2.91. The van der Waals surface area contributed by atoms with E-state index >= 15 is 0 Å². The lowest BCUT2D eigenvalue weighted by Gasteiger charge is -2.35. The normalized spacial score (nSPS) is 11.0. The van der Waals surface area contributed by atoms with E-state index in [1.54, 1.807) is 45.0 Å². The van der Waals surface area contributed by atoms with Gasteiger partial charge in [-0.25, -0.2) is 18.8 Å². The number of benzene rings is 2. The second-order valence-corrected chi connectivity index (χ2v) is 7.98. The Bertz CT molecular complexity index is 1140. The van der Waals surface area contributed by atoms with Gasteiger partial charge >= 0.3 is 0 Å². The predicted molar refractivity (Wildman–Crippen MR) is 117 cm³/mol. The zero-order valence-electron chi connectivity index (χ0n) is 18.6. The number of hydrogen-bond acceptors (Lipinski definition) is 5. The van der Waals surface area contributed by atoms with Gasteiger partial charge in [-0.05, 0) is 69.3 Å². The molecule has 172 valence electrons. The zero-order valence-corrected chi connectivity index (χ0v) is 18.6. The monoisotopic (exact) mass is 455 g/mol. The fourth-order valence-electron chi connectivity index (χ4n) is 2.91. The summed E-state index contributed by atoms with van der Waals surface area (Å²) in [5.41, 5.74) is 0.616. The van der Waals surface area contributed by atoms with Crippen molar-refractivity contribution in [1.29, 1.82) is 0 Å². The van der Waals surface area contributed by atoms with Crippen LogP contribution in [0.4, 0.5) is 8.78 Å². The first-order valence-electron chi connectivity index (χ1n) is 9.98. The molecule has 0 atom stereocenters. The molecule has 9 heteroatoms. The van der Waals surface area contributed by atoms with Crippen LogP contribution in [0, 0.1) is 11.6 Å². The van der Waals surface area contributed by atoms with E-state index in [9.17, 15) is 18.4 Å².